The molecule has 8 nitrogen and oxygen atoms in total. The highest BCUT2D eigenvalue weighted by atomic mass is 19.4. The van der Waals surface area contributed by atoms with Crippen LogP contribution < -0.4 is 16.8 Å². The molecule has 1 atom stereocenters. The Kier molecular flexibility index (Phi) is 4.97. The number of hydrogen-bond acceptors (Lipinski definition) is 7. The summed E-state index contributed by atoms with van der Waals surface area (Å²) >= 11 is 0. The first-order valence-corrected chi connectivity index (χ1v) is 9.22. The fraction of sp³-hybridized carbons (Fsp3) is 0.200. The van der Waals surface area contributed by atoms with E-state index in [9.17, 15) is 13.2 Å². The lowest BCUT2D eigenvalue weighted by molar-refractivity contribution is -0.140. The van der Waals surface area contributed by atoms with Gasteiger partial charge in [-0.1, -0.05) is 24.3 Å². The molecule has 0 spiro atoms. The van der Waals surface area contributed by atoms with Crippen molar-refractivity contribution in [2.45, 2.75) is 18.3 Å². The van der Waals surface area contributed by atoms with Gasteiger partial charge in [-0.25, -0.2) is 19.9 Å². The van der Waals surface area contributed by atoms with E-state index in [1.807, 2.05) is 0 Å². The van der Waals surface area contributed by atoms with E-state index in [-0.39, 0.29) is 12.2 Å². The second-order valence-electron chi connectivity index (χ2n) is 7.19. The molecule has 0 fully saturated rings. The molecule has 0 bridgehead atoms. The number of aromatic nitrogens is 4. The van der Waals surface area contributed by atoms with Gasteiger partial charge in [-0.3, -0.25) is 0 Å². The molecule has 0 saturated carbocycles. The second-order valence-corrected chi connectivity index (χ2v) is 7.19. The van der Waals surface area contributed by atoms with Crippen LogP contribution in [0, 0.1) is 0 Å². The average molecular weight is 428 g/mol. The monoisotopic (exact) mass is 428 g/mol. The number of amidine groups is 1. The first-order valence-electron chi connectivity index (χ1n) is 9.22. The lowest BCUT2D eigenvalue weighted by Gasteiger charge is -2.30. The minimum atomic E-state index is -4.50. The predicted molar refractivity (Wildman–Crippen MR) is 108 cm³/mol. The summed E-state index contributed by atoms with van der Waals surface area (Å²) in [6, 6.07) is 6.92. The van der Waals surface area contributed by atoms with E-state index in [2.05, 4.69) is 25.3 Å². The largest absolute Gasteiger partial charge is 0.434 e. The van der Waals surface area contributed by atoms with Gasteiger partial charge in [0.15, 0.2) is 11.4 Å². The Labute approximate surface area is 175 Å². The molecule has 31 heavy (non-hydrogen) atoms. The highest BCUT2D eigenvalue weighted by Gasteiger charge is 2.35. The number of alkyl halides is 3. The topological polar surface area (TPSA) is 120 Å². The summed E-state index contributed by atoms with van der Waals surface area (Å²) in [6.45, 7) is 0. The van der Waals surface area contributed by atoms with Gasteiger partial charge in [0.2, 0.25) is 0 Å². The van der Waals surface area contributed by atoms with Gasteiger partial charge in [-0.2, -0.15) is 13.2 Å². The smallest absolute Gasteiger partial charge is 0.398 e. The van der Waals surface area contributed by atoms with Crippen LogP contribution in [0.3, 0.4) is 0 Å². The molecule has 1 aliphatic rings. The zero-order chi connectivity index (χ0) is 22.2. The van der Waals surface area contributed by atoms with Gasteiger partial charge in [-0.05, 0) is 5.56 Å². The maximum atomic E-state index is 12.9. The first-order chi connectivity index (χ1) is 14.7. The number of benzene rings is 1. The van der Waals surface area contributed by atoms with Crippen LogP contribution in [0.5, 0.6) is 0 Å². The summed E-state index contributed by atoms with van der Waals surface area (Å²) < 4.78 is 40.1. The van der Waals surface area contributed by atoms with Crippen LogP contribution in [-0.4, -0.2) is 31.0 Å². The third-order valence-corrected chi connectivity index (χ3v) is 4.86. The molecule has 160 valence electrons. The zero-order valence-corrected chi connectivity index (χ0v) is 16.4. The van der Waals surface area contributed by atoms with Crippen molar-refractivity contribution in [1.29, 1.82) is 0 Å². The molecule has 2 aromatic heterocycles. The van der Waals surface area contributed by atoms with Crippen LogP contribution in [0.4, 0.5) is 13.2 Å². The Balaban J connectivity index is 1.59. The van der Waals surface area contributed by atoms with Crippen LogP contribution in [0.15, 0.2) is 66.1 Å². The molecule has 5 N–H and O–H groups in total. The van der Waals surface area contributed by atoms with Crippen molar-refractivity contribution in [3.63, 3.8) is 0 Å². The number of hydrogen-bond donors (Lipinski definition) is 3. The van der Waals surface area contributed by atoms with E-state index in [1.165, 1.54) is 17.9 Å². The maximum Gasteiger partial charge on any atom is 0.434 e. The molecule has 3 aromatic rings. The molecule has 1 aliphatic heterocycles. The van der Waals surface area contributed by atoms with E-state index in [0.29, 0.717) is 22.7 Å². The maximum absolute atomic E-state index is 12.9. The highest BCUT2D eigenvalue weighted by Crippen LogP contribution is 2.31. The molecule has 11 heteroatoms. The minimum Gasteiger partial charge on any atom is -0.398 e. The number of nitrogens with one attached hydrogen (secondary N) is 1. The number of halogens is 3. The Hall–Kier alpha value is -3.73. The molecule has 3 heterocycles. The van der Waals surface area contributed by atoms with Gasteiger partial charge >= 0.3 is 6.18 Å². The summed E-state index contributed by atoms with van der Waals surface area (Å²) in [5.41, 5.74) is 12.8. The number of rotatable bonds is 4. The second kappa shape index (κ2) is 7.51. The number of nitrogens with zero attached hydrogens (tertiary/aromatic N) is 5. The van der Waals surface area contributed by atoms with Gasteiger partial charge in [0.25, 0.3) is 0 Å². The predicted octanol–water partition coefficient (Wildman–Crippen LogP) is 1.94. The highest BCUT2D eigenvalue weighted by molar-refractivity contribution is 5.99. The van der Waals surface area contributed by atoms with E-state index >= 15 is 0 Å². The van der Waals surface area contributed by atoms with Crippen molar-refractivity contribution < 1.29 is 13.2 Å². The van der Waals surface area contributed by atoms with Crippen LogP contribution in [0.1, 0.15) is 16.8 Å². The Bertz CT molecular complexity index is 1150. The molecule has 0 saturated heterocycles. The van der Waals surface area contributed by atoms with Crippen LogP contribution in [-0.2, 0) is 19.6 Å². The summed E-state index contributed by atoms with van der Waals surface area (Å²) in [4.78, 5) is 16.2. The van der Waals surface area contributed by atoms with Crippen molar-refractivity contribution in [3.8, 4) is 11.4 Å². The quantitative estimate of drug-likeness (QED) is 0.584. The standard InChI is InChI=1S/C20H19F3N8/c1-31-10-16(20(21,22)23)29-18(31)13-4-2-12(3-5-13)6-19(25)15(24)9-28-17(30-19)14-7-26-11-27-8-14/h2-5,7-11H,6,24-25H2,1H3,(H,28,30). The normalized spacial score (nSPS) is 18.9. The van der Waals surface area contributed by atoms with Crippen molar-refractivity contribution in [1.82, 2.24) is 24.8 Å². The van der Waals surface area contributed by atoms with E-state index in [0.717, 1.165) is 11.8 Å². The van der Waals surface area contributed by atoms with E-state index in [1.54, 1.807) is 42.9 Å². The molecule has 1 unspecified atom stereocenters. The lowest BCUT2D eigenvalue weighted by Crippen LogP contribution is -2.50. The van der Waals surface area contributed by atoms with Gasteiger partial charge < -0.3 is 21.4 Å². The van der Waals surface area contributed by atoms with Gasteiger partial charge in [0, 0.05) is 43.8 Å². The van der Waals surface area contributed by atoms with Crippen LogP contribution in [0.2, 0.25) is 0 Å². The van der Waals surface area contributed by atoms with Crippen molar-refractivity contribution >= 4 is 5.84 Å². The van der Waals surface area contributed by atoms with Crippen molar-refractivity contribution in [2.24, 2.45) is 23.5 Å². The fourth-order valence-electron chi connectivity index (χ4n) is 3.23. The number of aliphatic imine (C=N–C) groups is 1. The minimum absolute atomic E-state index is 0.215. The SMILES string of the molecule is Cn1cc(C(F)(F)F)nc1-c1ccc(CC2(N)N=C(c3cncnc3)NC=C2N)cc1. The van der Waals surface area contributed by atoms with Gasteiger partial charge in [-0.15, -0.1) is 0 Å². The van der Waals surface area contributed by atoms with Crippen LogP contribution in [0.25, 0.3) is 11.4 Å². The average Bonchev–Trinajstić information content (AvgIpc) is 3.14. The van der Waals surface area contributed by atoms with E-state index in [4.69, 9.17) is 11.5 Å². The Morgan fingerprint density at radius 1 is 1.10 bits per heavy atom. The summed E-state index contributed by atoms with van der Waals surface area (Å²) in [5.74, 6) is 0.702. The molecule has 1 aromatic carbocycles. The summed E-state index contributed by atoms with van der Waals surface area (Å²) in [5, 5.41) is 2.98. The van der Waals surface area contributed by atoms with Crippen molar-refractivity contribution in [3.05, 3.63) is 77.9 Å². The first kappa shape index (κ1) is 20.5. The molecular weight excluding hydrogens is 409 g/mol. The summed E-state index contributed by atoms with van der Waals surface area (Å²) in [6.07, 6.45) is 2.94. The third kappa shape index (κ3) is 4.12. The van der Waals surface area contributed by atoms with Gasteiger partial charge in [0.05, 0.1) is 11.3 Å². The molecule has 4 rings (SSSR count). The molecule has 0 amide bonds. The molecule has 0 aliphatic carbocycles. The van der Waals surface area contributed by atoms with Crippen molar-refractivity contribution in [2.75, 3.05) is 0 Å². The third-order valence-electron chi connectivity index (χ3n) is 4.86. The molecular formula is C20H19F3N8. The summed E-state index contributed by atoms with van der Waals surface area (Å²) in [7, 11) is 1.52. The fourth-order valence-corrected chi connectivity index (χ4v) is 3.23. The van der Waals surface area contributed by atoms with E-state index < -0.39 is 17.5 Å². The Morgan fingerprint density at radius 2 is 1.77 bits per heavy atom. The van der Waals surface area contributed by atoms with Crippen LogP contribution >= 0.6 is 0 Å². The molecule has 0 radical (unpaired) electrons. The number of imidazole rings is 1. The number of nitrogens with two attached hydrogens (primary N) is 2. The number of aryl methyl sites for hydroxylation is 1. The zero-order valence-electron chi connectivity index (χ0n) is 16.4. The lowest BCUT2D eigenvalue weighted by atomic mass is 9.96. The van der Waals surface area contributed by atoms with Gasteiger partial charge in [0.1, 0.15) is 18.0 Å². The Morgan fingerprint density at radius 3 is 2.39 bits per heavy atom.